The average molecular weight is 236 g/mol. The minimum Gasteiger partial charge on any atom is -0.396 e. The molecule has 4 heteroatoms. The smallest absolute Gasteiger partial charge is 0.256 e. The predicted molar refractivity (Wildman–Crippen MR) is 65.1 cm³/mol. The monoisotopic (exact) mass is 236 g/mol. The van der Waals surface area contributed by atoms with E-state index in [1.165, 1.54) is 12.1 Å². The summed E-state index contributed by atoms with van der Waals surface area (Å²) in [6.45, 7) is 2.02. The summed E-state index contributed by atoms with van der Waals surface area (Å²) in [5.74, 6) is -0.163. The fraction of sp³-hybridized carbons (Fsp3) is 0.462. The van der Waals surface area contributed by atoms with Crippen molar-refractivity contribution in [2.75, 3.05) is 12.8 Å². The van der Waals surface area contributed by atoms with Crippen molar-refractivity contribution in [2.45, 2.75) is 25.8 Å². The van der Waals surface area contributed by atoms with Crippen molar-refractivity contribution >= 4 is 11.6 Å². The van der Waals surface area contributed by atoms with Crippen LogP contribution in [0.2, 0.25) is 0 Å². The van der Waals surface area contributed by atoms with Crippen LogP contribution in [0.3, 0.4) is 0 Å². The van der Waals surface area contributed by atoms with Crippen molar-refractivity contribution in [3.8, 4) is 0 Å². The number of carbonyl (C=O) groups is 1. The number of rotatable bonds is 3. The molecule has 0 heterocycles. The Balaban J connectivity index is 2.21. The van der Waals surface area contributed by atoms with Gasteiger partial charge in [0.1, 0.15) is 5.82 Å². The van der Waals surface area contributed by atoms with E-state index in [0.29, 0.717) is 5.92 Å². The van der Waals surface area contributed by atoms with Crippen LogP contribution in [0.15, 0.2) is 18.2 Å². The van der Waals surface area contributed by atoms with E-state index in [4.69, 9.17) is 5.73 Å². The highest BCUT2D eigenvalue weighted by Gasteiger charge is 2.33. The normalized spacial score (nSPS) is 16.6. The second kappa shape index (κ2) is 4.35. The van der Waals surface area contributed by atoms with Crippen molar-refractivity contribution in [3.05, 3.63) is 29.6 Å². The molecule has 0 radical (unpaired) electrons. The highest BCUT2D eigenvalue weighted by atomic mass is 19.1. The van der Waals surface area contributed by atoms with Gasteiger partial charge in [0.25, 0.3) is 5.91 Å². The highest BCUT2D eigenvalue weighted by Crippen LogP contribution is 2.35. The number of benzene rings is 1. The van der Waals surface area contributed by atoms with Crippen LogP contribution in [-0.2, 0) is 0 Å². The van der Waals surface area contributed by atoms with Gasteiger partial charge < -0.3 is 10.6 Å². The molecule has 1 saturated carbocycles. The van der Waals surface area contributed by atoms with Crippen LogP contribution in [0.5, 0.6) is 0 Å². The molecule has 3 nitrogen and oxygen atoms in total. The maximum absolute atomic E-state index is 13.3. The van der Waals surface area contributed by atoms with E-state index in [9.17, 15) is 9.18 Å². The average Bonchev–Trinajstić information content (AvgIpc) is 3.14. The van der Waals surface area contributed by atoms with Crippen molar-refractivity contribution < 1.29 is 9.18 Å². The number of amides is 1. The van der Waals surface area contributed by atoms with Gasteiger partial charge in [0.05, 0.1) is 11.3 Å². The molecule has 0 saturated heterocycles. The van der Waals surface area contributed by atoms with Gasteiger partial charge in [-0.25, -0.2) is 4.39 Å². The van der Waals surface area contributed by atoms with E-state index in [0.717, 1.165) is 12.8 Å². The molecule has 17 heavy (non-hydrogen) atoms. The Morgan fingerprint density at radius 3 is 2.76 bits per heavy atom. The Labute approximate surface area is 100 Å². The first-order chi connectivity index (χ1) is 8.02. The van der Waals surface area contributed by atoms with Gasteiger partial charge in [-0.1, -0.05) is 6.07 Å². The second-order valence-electron chi connectivity index (χ2n) is 4.70. The lowest BCUT2D eigenvalue weighted by atomic mass is 10.1. The fourth-order valence-electron chi connectivity index (χ4n) is 1.99. The number of carbonyl (C=O) groups excluding carboxylic acids is 1. The number of hydrogen-bond donors (Lipinski definition) is 1. The molecule has 1 aliphatic carbocycles. The zero-order valence-electron chi connectivity index (χ0n) is 10.1. The fourth-order valence-corrected chi connectivity index (χ4v) is 1.99. The summed E-state index contributed by atoms with van der Waals surface area (Å²) in [6.07, 6.45) is 2.33. The van der Waals surface area contributed by atoms with Crippen molar-refractivity contribution in [1.29, 1.82) is 0 Å². The molecule has 1 unspecified atom stereocenters. The Morgan fingerprint density at radius 2 is 2.18 bits per heavy atom. The number of nitrogen functional groups attached to an aromatic ring is 1. The van der Waals surface area contributed by atoms with E-state index >= 15 is 0 Å². The van der Waals surface area contributed by atoms with Crippen LogP contribution in [0, 0.1) is 11.7 Å². The molecule has 2 N–H and O–H groups in total. The maximum atomic E-state index is 13.3. The Hall–Kier alpha value is -1.58. The largest absolute Gasteiger partial charge is 0.396 e. The number of halogens is 1. The summed E-state index contributed by atoms with van der Waals surface area (Å²) in [4.78, 5) is 13.8. The molecular formula is C13H17FN2O. The summed E-state index contributed by atoms with van der Waals surface area (Å²) in [5.41, 5.74) is 5.78. The number of anilines is 1. The molecule has 1 aromatic rings. The van der Waals surface area contributed by atoms with Crippen LogP contribution in [0.25, 0.3) is 0 Å². The van der Waals surface area contributed by atoms with E-state index < -0.39 is 5.82 Å². The number of nitrogens with zero attached hydrogens (tertiary/aromatic N) is 1. The lowest BCUT2D eigenvalue weighted by Gasteiger charge is -2.25. The zero-order valence-corrected chi connectivity index (χ0v) is 10.1. The zero-order chi connectivity index (χ0) is 12.6. The van der Waals surface area contributed by atoms with Gasteiger partial charge in [0.15, 0.2) is 0 Å². The van der Waals surface area contributed by atoms with Crippen molar-refractivity contribution in [2.24, 2.45) is 5.92 Å². The first kappa shape index (κ1) is 11.9. The summed E-state index contributed by atoms with van der Waals surface area (Å²) in [5, 5.41) is 0. The van der Waals surface area contributed by atoms with Crippen LogP contribution in [0.4, 0.5) is 10.1 Å². The number of para-hydroxylation sites is 1. The van der Waals surface area contributed by atoms with E-state index in [1.807, 2.05) is 6.92 Å². The Morgan fingerprint density at radius 1 is 1.53 bits per heavy atom. The first-order valence-corrected chi connectivity index (χ1v) is 5.83. The topological polar surface area (TPSA) is 46.3 Å². The molecule has 92 valence electrons. The third kappa shape index (κ3) is 2.25. The van der Waals surface area contributed by atoms with Gasteiger partial charge in [-0.05, 0) is 37.8 Å². The van der Waals surface area contributed by atoms with Gasteiger partial charge >= 0.3 is 0 Å². The molecule has 0 aliphatic heterocycles. The maximum Gasteiger partial charge on any atom is 0.256 e. The Bertz CT molecular complexity index is 443. The number of nitrogens with two attached hydrogens (primary N) is 1. The Kier molecular flexibility index (Phi) is 3.05. The molecular weight excluding hydrogens is 219 g/mol. The van der Waals surface area contributed by atoms with Gasteiger partial charge in [0, 0.05) is 13.1 Å². The van der Waals surface area contributed by atoms with Crippen LogP contribution >= 0.6 is 0 Å². The summed E-state index contributed by atoms with van der Waals surface area (Å²) in [6, 6.07) is 4.52. The van der Waals surface area contributed by atoms with E-state index in [2.05, 4.69) is 0 Å². The summed E-state index contributed by atoms with van der Waals surface area (Å²) < 4.78 is 13.3. The molecule has 0 spiro atoms. The molecule has 0 bridgehead atoms. The van der Waals surface area contributed by atoms with Crippen LogP contribution in [-0.4, -0.2) is 23.9 Å². The van der Waals surface area contributed by atoms with Gasteiger partial charge in [0.2, 0.25) is 0 Å². The highest BCUT2D eigenvalue weighted by molar-refractivity contribution is 5.99. The van der Waals surface area contributed by atoms with Crippen LogP contribution in [0.1, 0.15) is 30.1 Å². The molecule has 1 amide bonds. The van der Waals surface area contributed by atoms with Gasteiger partial charge in [-0.2, -0.15) is 0 Å². The van der Waals surface area contributed by atoms with Crippen LogP contribution < -0.4 is 5.73 Å². The molecule has 1 atom stereocenters. The van der Waals surface area contributed by atoms with Crippen molar-refractivity contribution in [1.82, 2.24) is 4.90 Å². The number of hydrogen-bond acceptors (Lipinski definition) is 2. The van der Waals surface area contributed by atoms with E-state index in [1.54, 1.807) is 18.0 Å². The lowest BCUT2D eigenvalue weighted by molar-refractivity contribution is 0.0728. The summed E-state index contributed by atoms with van der Waals surface area (Å²) in [7, 11) is 1.75. The third-order valence-electron chi connectivity index (χ3n) is 3.52. The quantitative estimate of drug-likeness (QED) is 0.818. The first-order valence-electron chi connectivity index (χ1n) is 5.83. The third-order valence-corrected chi connectivity index (χ3v) is 3.52. The van der Waals surface area contributed by atoms with E-state index in [-0.39, 0.29) is 23.2 Å². The molecule has 0 aromatic heterocycles. The summed E-state index contributed by atoms with van der Waals surface area (Å²) >= 11 is 0. The molecule has 2 rings (SSSR count). The predicted octanol–water partition coefficient (Wildman–Crippen LogP) is 2.28. The minimum atomic E-state index is -0.539. The van der Waals surface area contributed by atoms with Crippen molar-refractivity contribution in [3.63, 3.8) is 0 Å². The second-order valence-corrected chi connectivity index (χ2v) is 4.70. The molecule has 1 aromatic carbocycles. The minimum absolute atomic E-state index is 0.0626. The lowest BCUT2D eigenvalue weighted by Crippen LogP contribution is -2.36. The molecule has 1 aliphatic rings. The standard InChI is InChI=1S/C13H17FN2O/c1-8(9-6-7-9)16(2)13(17)10-4-3-5-11(14)12(10)15/h3-5,8-9H,6-7,15H2,1-2H3. The van der Waals surface area contributed by atoms with Gasteiger partial charge in [-0.3, -0.25) is 4.79 Å². The molecule has 1 fully saturated rings. The van der Waals surface area contributed by atoms with Gasteiger partial charge in [-0.15, -0.1) is 0 Å². The SMILES string of the molecule is CC(C1CC1)N(C)C(=O)c1cccc(F)c1N.